The Balaban J connectivity index is 2.06. The molecule has 0 saturated carbocycles. The van der Waals surface area contributed by atoms with Crippen LogP contribution in [0.1, 0.15) is 31.0 Å². The summed E-state index contributed by atoms with van der Waals surface area (Å²) in [4.78, 5) is 4.46. The average Bonchev–Trinajstić information content (AvgIpc) is 2.85. The van der Waals surface area contributed by atoms with Crippen molar-refractivity contribution in [3.63, 3.8) is 0 Å². The Hall–Kier alpha value is -1.12. The van der Waals surface area contributed by atoms with Crippen LogP contribution in [0.25, 0.3) is 6.08 Å². The van der Waals surface area contributed by atoms with Gasteiger partial charge in [-0.2, -0.15) is 0 Å². The summed E-state index contributed by atoms with van der Waals surface area (Å²) in [5, 5.41) is 4.22. The zero-order valence-electron chi connectivity index (χ0n) is 10.00. The van der Waals surface area contributed by atoms with Crippen LogP contribution in [0.3, 0.4) is 0 Å². The smallest absolute Gasteiger partial charge is 0.0562 e. The molecule has 3 heteroatoms. The molecule has 0 saturated heterocycles. The molecule has 1 aromatic rings. The van der Waals surface area contributed by atoms with Gasteiger partial charge in [0.25, 0.3) is 0 Å². The van der Waals surface area contributed by atoms with Gasteiger partial charge in [0.2, 0.25) is 0 Å². The standard InChI is InChI=1S/C14H15ClN2/c1-8-11(10-3-5-16-9(10)2)7-12-13(15)4-6-17-14(8)12/h3-4,6-9,16H,5H2,1-2H3. The van der Waals surface area contributed by atoms with Gasteiger partial charge in [-0.25, -0.2) is 0 Å². The molecule has 1 N–H and O–H groups in total. The van der Waals surface area contributed by atoms with E-state index in [-0.39, 0.29) is 0 Å². The zero-order chi connectivity index (χ0) is 12.0. The molecule has 2 nitrogen and oxygen atoms in total. The molecule has 1 aromatic heterocycles. The van der Waals surface area contributed by atoms with E-state index in [1.165, 1.54) is 11.1 Å². The fourth-order valence-corrected chi connectivity index (χ4v) is 2.92. The third-order valence-corrected chi connectivity index (χ3v) is 4.02. The Morgan fingerprint density at radius 2 is 2.18 bits per heavy atom. The maximum Gasteiger partial charge on any atom is 0.0562 e. The Bertz CT molecular complexity index is 531. The van der Waals surface area contributed by atoms with E-state index in [0.29, 0.717) is 12.0 Å². The lowest BCUT2D eigenvalue weighted by atomic mass is 9.93. The molecule has 1 aliphatic carbocycles. The Labute approximate surface area is 106 Å². The molecule has 0 amide bonds. The van der Waals surface area contributed by atoms with Gasteiger partial charge in [-0.05, 0) is 30.2 Å². The molecule has 0 spiro atoms. The first-order valence-corrected chi connectivity index (χ1v) is 6.36. The Morgan fingerprint density at radius 1 is 1.35 bits per heavy atom. The van der Waals surface area contributed by atoms with E-state index in [1.54, 1.807) is 6.20 Å². The van der Waals surface area contributed by atoms with E-state index in [1.807, 2.05) is 6.07 Å². The van der Waals surface area contributed by atoms with Gasteiger partial charge in [-0.15, -0.1) is 0 Å². The van der Waals surface area contributed by atoms with E-state index in [4.69, 9.17) is 11.6 Å². The Morgan fingerprint density at radius 3 is 2.82 bits per heavy atom. The molecule has 0 aromatic carbocycles. The number of halogens is 1. The molecule has 1 aliphatic heterocycles. The predicted molar refractivity (Wildman–Crippen MR) is 71.2 cm³/mol. The minimum Gasteiger partial charge on any atom is -0.307 e. The van der Waals surface area contributed by atoms with Gasteiger partial charge in [0.05, 0.1) is 10.7 Å². The van der Waals surface area contributed by atoms with Crippen LogP contribution in [0.15, 0.2) is 29.5 Å². The lowest BCUT2D eigenvalue weighted by Crippen LogP contribution is -2.22. The SMILES string of the molecule is CC1NCC=C1C1=Cc2c(Cl)ccnc2C1C. The van der Waals surface area contributed by atoms with Crippen molar-refractivity contribution >= 4 is 17.7 Å². The van der Waals surface area contributed by atoms with E-state index in [0.717, 1.165) is 22.8 Å². The van der Waals surface area contributed by atoms with Crippen molar-refractivity contribution < 1.29 is 0 Å². The first-order valence-electron chi connectivity index (χ1n) is 5.98. The number of nitrogens with zero attached hydrogens (tertiary/aromatic N) is 1. The number of rotatable bonds is 1. The topological polar surface area (TPSA) is 24.9 Å². The number of aromatic nitrogens is 1. The van der Waals surface area contributed by atoms with Crippen molar-refractivity contribution in [2.45, 2.75) is 25.8 Å². The summed E-state index contributed by atoms with van der Waals surface area (Å²) in [6.07, 6.45) is 6.26. The third kappa shape index (κ3) is 1.63. The molecule has 17 heavy (non-hydrogen) atoms. The number of pyridine rings is 1. The normalized spacial score (nSPS) is 26.8. The van der Waals surface area contributed by atoms with E-state index in [9.17, 15) is 0 Å². The Kier molecular flexibility index (Phi) is 2.57. The van der Waals surface area contributed by atoms with Gasteiger partial charge in [0, 0.05) is 30.3 Å². The molecule has 2 atom stereocenters. The van der Waals surface area contributed by atoms with Crippen molar-refractivity contribution in [1.82, 2.24) is 10.3 Å². The van der Waals surface area contributed by atoms with Crippen molar-refractivity contribution in [2.75, 3.05) is 6.54 Å². The highest BCUT2D eigenvalue weighted by atomic mass is 35.5. The maximum absolute atomic E-state index is 6.22. The number of nitrogens with one attached hydrogen (secondary N) is 1. The average molecular weight is 247 g/mol. The molecule has 0 bridgehead atoms. The molecular weight excluding hydrogens is 232 g/mol. The molecule has 0 radical (unpaired) electrons. The van der Waals surface area contributed by atoms with Gasteiger partial charge in [-0.3, -0.25) is 4.98 Å². The van der Waals surface area contributed by atoms with Gasteiger partial charge in [0.15, 0.2) is 0 Å². The van der Waals surface area contributed by atoms with E-state index >= 15 is 0 Å². The third-order valence-electron chi connectivity index (χ3n) is 3.69. The first kappa shape index (κ1) is 11.0. The van der Waals surface area contributed by atoms with Crippen molar-refractivity contribution in [2.24, 2.45) is 0 Å². The number of fused-ring (bicyclic) bond motifs is 1. The van der Waals surface area contributed by atoms with Crippen molar-refractivity contribution in [1.29, 1.82) is 0 Å². The summed E-state index contributed by atoms with van der Waals surface area (Å²) >= 11 is 6.22. The fourth-order valence-electron chi connectivity index (χ4n) is 2.71. The second-order valence-corrected chi connectivity index (χ2v) is 5.11. The highest BCUT2D eigenvalue weighted by Gasteiger charge is 2.29. The highest BCUT2D eigenvalue weighted by Crippen LogP contribution is 2.42. The summed E-state index contributed by atoms with van der Waals surface area (Å²) in [7, 11) is 0. The molecular formula is C14H15ClN2. The van der Waals surface area contributed by atoms with Crippen LogP contribution in [-0.4, -0.2) is 17.6 Å². The molecule has 88 valence electrons. The van der Waals surface area contributed by atoms with Gasteiger partial charge < -0.3 is 5.32 Å². The van der Waals surface area contributed by atoms with Crippen LogP contribution >= 0.6 is 11.6 Å². The van der Waals surface area contributed by atoms with Crippen LogP contribution in [0.2, 0.25) is 5.02 Å². The molecule has 3 rings (SSSR count). The van der Waals surface area contributed by atoms with E-state index < -0.39 is 0 Å². The minimum atomic E-state index is 0.345. The largest absolute Gasteiger partial charge is 0.307 e. The van der Waals surface area contributed by atoms with E-state index in [2.05, 4.69) is 36.3 Å². The molecule has 2 heterocycles. The van der Waals surface area contributed by atoms with Crippen LogP contribution in [0.5, 0.6) is 0 Å². The molecule has 2 aliphatic rings. The summed E-state index contributed by atoms with van der Waals surface area (Å²) < 4.78 is 0. The zero-order valence-corrected chi connectivity index (χ0v) is 10.8. The van der Waals surface area contributed by atoms with Crippen molar-refractivity contribution in [3.05, 3.63) is 45.8 Å². The minimum absolute atomic E-state index is 0.345. The maximum atomic E-state index is 6.22. The monoisotopic (exact) mass is 246 g/mol. The second kappa shape index (κ2) is 3.97. The van der Waals surface area contributed by atoms with Crippen LogP contribution in [0, 0.1) is 0 Å². The van der Waals surface area contributed by atoms with Crippen molar-refractivity contribution in [3.8, 4) is 0 Å². The van der Waals surface area contributed by atoms with Crippen LogP contribution in [0.4, 0.5) is 0 Å². The highest BCUT2D eigenvalue weighted by molar-refractivity contribution is 6.32. The number of hydrogen-bond donors (Lipinski definition) is 1. The van der Waals surface area contributed by atoms with Gasteiger partial charge in [0.1, 0.15) is 0 Å². The lowest BCUT2D eigenvalue weighted by Gasteiger charge is -2.15. The quantitative estimate of drug-likeness (QED) is 0.824. The molecule has 2 unspecified atom stereocenters. The summed E-state index contributed by atoms with van der Waals surface area (Å²) in [6.45, 7) is 5.36. The summed E-state index contributed by atoms with van der Waals surface area (Å²) in [6, 6.07) is 2.29. The predicted octanol–water partition coefficient (Wildman–Crippen LogP) is 3.15. The fraction of sp³-hybridized carbons (Fsp3) is 0.357. The molecule has 0 fully saturated rings. The number of hydrogen-bond acceptors (Lipinski definition) is 2. The van der Waals surface area contributed by atoms with Gasteiger partial charge in [-0.1, -0.05) is 24.6 Å². The summed E-state index contributed by atoms with van der Waals surface area (Å²) in [5.41, 5.74) is 4.95. The first-order chi connectivity index (χ1) is 8.18. The van der Waals surface area contributed by atoms with Crippen LogP contribution < -0.4 is 5.32 Å². The van der Waals surface area contributed by atoms with Gasteiger partial charge >= 0.3 is 0 Å². The van der Waals surface area contributed by atoms with Crippen LogP contribution in [-0.2, 0) is 0 Å². The summed E-state index contributed by atoms with van der Waals surface area (Å²) in [5.74, 6) is 0.345. The lowest BCUT2D eigenvalue weighted by molar-refractivity contribution is 0.696. The second-order valence-electron chi connectivity index (χ2n) is 4.70.